The number of allylic oxidation sites excluding steroid dienone is 3. The van der Waals surface area contributed by atoms with Crippen LogP contribution < -0.4 is 0 Å². The van der Waals surface area contributed by atoms with Crippen LogP contribution in [0.3, 0.4) is 0 Å². The molecule has 0 spiro atoms. The lowest BCUT2D eigenvalue weighted by Gasteiger charge is -2.47. The molecule has 1 rings (SSSR count). The molecule has 0 aromatic heterocycles. The summed E-state index contributed by atoms with van der Waals surface area (Å²) in [6.07, 6.45) is 7.62. The van der Waals surface area contributed by atoms with Gasteiger partial charge >= 0.3 is 0 Å². The molecule has 1 fully saturated rings. The minimum Gasteiger partial charge on any atom is -0.0909 e. The van der Waals surface area contributed by atoms with Crippen LogP contribution in [0.5, 0.6) is 0 Å². The van der Waals surface area contributed by atoms with Crippen molar-refractivity contribution in [2.24, 2.45) is 29.6 Å². The first-order valence-corrected chi connectivity index (χ1v) is 5.79. The first-order valence-electron chi connectivity index (χ1n) is 5.79. The second kappa shape index (κ2) is 4.75. The Morgan fingerprint density at radius 2 is 2.00 bits per heavy atom. The maximum absolute atomic E-state index is 5.72. The lowest BCUT2D eigenvalue weighted by Crippen LogP contribution is -2.41. The minimum atomic E-state index is 0.483. The van der Waals surface area contributed by atoms with Crippen LogP contribution in [0.1, 0.15) is 34.1 Å². The first-order chi connectivity index (χ1) is 6.61. The zero-order chi connectivity index (χ0) is 10.7. The molecule has 4 atom stereocenters. The average Bonchev–Trinajstić information content (AvgIpc) is 2.12. The molecule has 0 aromatic carbocycles. The summed E-state index contributed by atoms with van der Waals surface area (Å²) < 4.78 is 0. The van der Waals surface area contributed by atoms with E-state index in [1.165, 1.54) is 6.42 Å². The highest BCUT2D eigenvalue weighted by molar-refractivity contribution is 5.05. The van der Waals surface area contributed by atoms with Crippen LogP contribution in [0.2, 0.25) is 0 Å². The SMILES string of the molecule is [CH+]=CC(/C=C\C)C1C(C)CC1C(C)C. The minimum absolute atomic E-state index is 0.483. The third-order valence-corrected chi connectivity index (χ3v) is 3.73. The summed E-state index contributed by atoms with van der Waals surface area (Å²) >= 11 is 0. The maximum Gasteiger partial charge on any atom is 0.202 e. The van der Waals surface area contributed by atoms with Gasteiger partial charge in [0.25, 0.3) is 0 Å². The summed E-state index contributed by atoms with van der Waals surface area (Å²) in [7, 11) is 0. The van der Waals surface area contributed by atoms with E-state index < -0.39 is 0 Å². The van der Waals surface area contributed by atoms with Crippen LogP contribution in [0.4, 0.5) is 0 Å². The normalized spacial score (nSPS) is 34.4. The summed E-state index contributed by atoms with van der Waals surface area (Å²) in [5, 5.41) is 0. The van der Waals surface area contributed by atoms with Gasteiger partial charge < -0.3 is 0 Å². The topological polar surface area (TPSA) is 0 Å². The van der Waals surface area contributed by atoms with Gasteiger partial charge in [-0.3, -0.25) is 0 Å². The van der Waals surface area contributed by atoms with Gasteiger partial charge in [-0.1, -0.05) is 32.9 Å². The molecule has 0 aromatic rings. The van der Waals surface area contributed by atoms with E-state index in [-0.39, 0.29) is 0 Å². The lowest BCUT2D eigenvalue weighted by atomic mass is 9.57. The summed E-state index contributed by atoms with van der Waals surface area (Å²) in [4.78, 5) is 0. The second-order valence-electron chi connectivity index (χ2n) is 4.99. The molecule has 1 saturated carbocycles. The Morgan fingerprint density at radius 1 is 1.36 bits per heavy atom. The van der Waals surface area contributed by atoms with Crippen LogP contribution in [0.15, 0.2) is 18.2 Å². The van der Waals surface area contributed by atoms with Crippen LogP contribution >= 0.6 is 0 Å². The molecule has 1 aliphatic carbocycles. The van der Waals surface area contributed by atoms with Crippen molar-refractivity contribution < 1.29 is 0 Å². The van der Waals surface area contributed by atoms with Gasteiger partial charge in [-0.15, -0.1) is 0 Å². The van der Waals surface area contributed by atoms with E-state index in [2.05, 4.69) is 39.8 Å². The molecule has 0 heteroatoms. The van der Waals surface area contributed by atoms with Crippen molar-refractivity contribution in [1.82, 2.24) is 0 Å². The molecule has 78 valence electrons. The van der Waals surface area contributed by atoms with Crippen LogP contribution in [-0.2, 0) is 0 Å². The monoisotopic (exact) mass is 191 g/mol. The molecule has 0 heterocycles. The Balaban J connectivity index is 2.67. The quantitative estimate of drug-likeness (QED) is 0.463. The van der Waals surface area contributed by atoms with Gasteiger partial charge in [-0.2, -0.15) is 0 Å². The molecule has 0 radical (unpaired) electrons. The molecular formula is C14H23+. The predicted octanol–water partition coefficient (Wildman–Crippen LogP) is 4.10. The fourth-order valence-corrected chi connectivity index (χ4v) is 2.89. The molecule has 0 aliphatic heterocycles. The van der Waals surface area contributed by atoms with Crippen LogP contribution in [0, 0.1) is 36.2 Å². The van der Waals surface area contributed by atoms with Gasteiger partial charge in [-0.05, 0) is 37.0 Å². The van der Waals surface area contributed by atoms with Gasteiger partial charge in [0, 0.05) is 5.92 Å². The van der Waals surface area contributed by atoms with Gasteiger partial charge in [-0.25, -0.2) is 0 Å². The summed E-state index contributed by atoms with van der Waals surface area (Å²) in [5.74, 6) is 3.76. The fourth-order valence-electron chi connectivity index (χ4n) is 2.89. The van der Waals surface area contributed by atoms with Crippen molar-refractivity contribution in [1.29, 1.82) is 0 Å². The largest absolute Gasteiger partial charge is 0.202 e. The summed E-state index contributed by atoms with van der Waals surface area (Å²) in [5.41, 5.74) is 0. The van der Waals surface area contributed by atoms with E-state index in [0.717, 1.165) is 23.7 Å². The number of rotatable bonds is 4. The zero-order valence-corrected chi connectivity index (χ0v) is 9.90. The summed E-state index contributed by atoms with van der Waals surface area (Å²) in [6, 6.07) is 0. The van der Waals surface area contributed by atoms with E-state index >= 15 is 0 Å². The van der Waals surface area contributed by atoms with Gasteiger partial charge in [0.05, 0.1) is 0 Å². The Kier molecular flexibility index (Phi) is 3.89. The van der Waals surface area contributed by atoms with Crippen molar-refractivity contribution >= 4 is 0 Å². The standard InChI is InChI=1S/C14H23/c1-6-8-12(7-2)14-11(5)9-13(14)10(3)4/h2,6-8,10-14H,9H2,1,3-5H3/q+1/b8-6-. The van der Waals surface area contributed by atoms with E-state index in [0.29, 0.717) is 5.92 Å². The van der Waals surface area contributed by atoms with Gasteiger partial charge in [0.15, 0.2) is 6.08 Å². The smallest absolute Gasteiger partial charge is 0.0909 e. The molecule has 14 heavy (non-hydrogen) atoms. The highest BCUT2D eigenvalue weighted by Crippen LogP contribution is 2.49. The zero-order valence-electron chi connectivity index (χ0n) is 9.90. The van der Waals surface area contributed by atoms with Gasteiger partial charge in [0.1, 0.15) is 0 Å². The van der Waals surface area contributed by atoms with Crippen LogP contribution in [0.25, 0.3) is 0 Å². The average molecular weight is 191 g/mol. The van der Waals surface area contributed by atoms with Crippen molar-refractivity contribution in [2.75, 3.05) is 0 Å². The predicted molar refractivity (Wildman–Crippen MR) is 62.8 cm³/mol. The number of hydrogen-bond donors (Lipinski definition) is 0. The van der Waals surface area contributed by atoms with Crippen LogP contribution in [-0.4, -0.2) is 0 Å². The maximum atomic E-state index is 5.72. The first kappa shape index (κ1) is 11.5. The summed E-state index contributed by atoms with van der Waals surface area (Å²) in [6.45, 7) is 14.8. The van der Waals surface area contributed by atoms with E-state index in [1.807, 2.05) is 6.08 Å². The molecule has 0 bridgehead atoms. The van der Waals surface area contributed by atoms with Crippen molar-refractivity contribution in [3.8, 4) is 0 Å². The Hall–Kier alpha value is -0.610. The van der Waals surface area contributed by atoms with Gasteiger partial charge in [0.2, 0.25) is 6.58 Å². The second-order valence-corrected chi connectivity index (χ2v) is 4.99. The molecule has 0 amide bonds. The third kappa shape index (κ3) is 2.07. The van der Waals surface area contributed by atoms with Crippen molar-refractivity contribution in [2.45, 2.75) is 34.1 Å². The highest BCUT2D eigenvalue weighted by atomic mass is 14.5. The van der Waals surface area contributed by atoms with E-state index in [4.69, 9.17) is 6.58 Å². The molecule has 0 N–H and O–H groups in total. The van der Waals surface area contributed by atoms with E-state index in [1.54, 1.807) is 0 Å². The Morgan fingerprint density at radius 3 is 2.36 bits per heavy atom. The lowest BCUT2D eigenvalue weighted by molar-refractivity contribution is 0.0272. The molecular weight excluding hydrogens is 168 g/mol. The highest BCUT2D eigenvalue weighted by Gasteiger charge is 2.43. The molecule has 0 saturated heterocycles. The van der Waals surface area contributed by atoms with E-state index in [9.17, 15) is 0 Å². The molecule has 0 nitrogen and oxygen atoms in total. The fraction of sp³-hybridized carbons (Fsp3) is 0.714. The molecule has 4 unspecified atom stereocenters. The Bertz CT molecular complexity index is 212. The van der Waals surface area contributed by atoms with Crippen molar-refractivity contribution in [3.63, 3.8) is 0 Å². The number of hydrogen-bond acceptors (Lipinski definition) is 0. The third-order valence-electron chi connectivity index (χ3n) is 3.73. The Labute approximate surface area is 89.1 Å². The van der Waals surface area contributed by atoms with Crippen molar-refractivity contribution in [3.05, 3.63) is 24.8 Å². The molecule has 1 aliphatic rings.